The van der Waals surface area contributed by atoms with E-state index < -0.39 is 11.9 Å². The first-order valence-electron chi connectivity index (χ1n) is 7.59. The van der Waals surface area contributed by atoms with Crippen LogP contribution in [0.1, 0.15) is 34.6 Å². The van der Waals surface area contributed by atoms with Gasteiger partial charge >= 0.3 is 5.97 Å². The fraction of sp³-hybridized carbons (Fsp3) is 0.176. The molecule has 128 valence electrons. The van der Waals surface area contributed by atoms with Gasteiger partial charge in [0.1, 0.15) is 11.3 Å². The number of aromatic carboxylic acids is 1. The Balaban J connectivity index is 1.85. The number of benzene rings is 1. The smallest absolute Gasteiger partial charge is 0.337 e. The minimum absolute atomic E-state index is 0.0371. The van der Waals surface area contributed by atoms with E-state index in [0.717, 1.165) is 0 Å². The van der Waals surface area contributed by atoms with E-state index in [-0.39, 0.29) is 23.1 Å². The average molecular weight is 340 g/mol. The molecule has 0 atom stereocenters. The second kappa shape index (κ2) is 6.60. The highest BCUT2D eigenvalue weighted by molar-refractivity contribution is 6.05. The lowest BCUT2D eigenvalue weighted by atomic mass is 10.2. The van der Waals surface area contributed by atoms with Crippen LogP contribution in [0.4, 0.5) is 5.95 Å². The van der Waals surface area contributed by atoms with Gasteiger partial charge < -0.3 is 14.8 Å². The van der Waals surface area contributed by atoms with Gasteiger partial charge in [-0.1, -0.05) is 6.07 Å². The Hall–Kier alpha value is -3.42. The topological polar surface area (TPSA) is 117 Å². The van der Waals surface area contributed by atoms with E-state index in [1.165, 1.54) is 18.5 Å². The number of rotatable bonds is 5. The molecular formula is C17H16N4O4. The third kappa shape index (κ3) is 3.57. The van der Waals surface area contributed by atoms with E-state index in [1.807, 2.05) is 13.8 Å². The molecule has 0 fully saturated rings. The number of aromatic nitrogens is 3. The summed E-state index contributed by atoms with van der Waals surface area (Å²) in [5, 5.41) is 11.8. The molecule has 3 rings (SSSR count). The van der Waals surface area contributed by atoms with Crippen LogP contribution in [0, 0.1) is 0 Å². The molecule has 0 spiro atoms. The number of carboxylic acids is 1. The molecule has 0 saturated heterocycles. The maximum absolute atomic E-state index is 12.4. The Bertz CT molecular complexity index is 949. The normalized spacial score (nSPS) is 10.8. The summed E-state index contributed by atoms with van der Waals surface area (Å²) < 4.78 is 5.51. The van der Waals surface area contributed by atoms with Gasteiger partial charge in [0.05, 0.1) is 28.9 Å². The first kappa shape index (κ1) is 16.4. The van der Waals surface area contributed by atoms with E-state index in [9.17, 15) is 14.7 Å². The van der Waals surface area contributed by atoms with Gasteiger partial charge in [0.15, 0.2) is 0 Å². The van der Waals surface area contributed by atoms with Crippen LogP contribution < -0.4 is 10.1 Å². The fourth-order valence-electron chi connectivity index (χ4n) is 2.32. The number of fused-ring (bicyclic) bond motifs is 1. The van der Waals surface area contributed by atoms with Crippen LogP contribution in [0.5, 0.6) is 5.75 Å². The number of amides is 1. The number of anilines is 1. The number of imidazole rings is 1. The van der Waals surface area contributed by atoms with Gasteiger partial charge in [0, 0.05) is 6.20 Å². The molecule has 8 heteroatoms. The first-order chi connectivity index (χ1) is 11.9. The molecule has 0 radical (unpaired) electrons. The standard InChI is InChI=1S/C17H16N4O4/c1-9(2)25-11-6-10(7-18-8-11)15(22)21-17-19-13-5-3-4-12(16(23)24)14(13)20-17/h3-9H,1-2H3,(H,23,24)(H2,19,20,21,22). The lowest BCUT2D eigenvalue weighted by Gasteiger charge is -2.09. The van der Waals surface area contributed by atoms with Crippen molar-refractivity contribution in [2.45, 2.75) is 20.0 Å². The summed E-state index contributed by atoms with van der Waals surface area (Å²) in [5.74, 6) is -0.875. The van der Waals surface area contributed by atoms with Crippen LogP contribution in [0.25, 0.3) is 11.0 Å². The molecule has 3 aromatic rings. The van der Waals surface area contributed by atoms with Gasteiger partial charge in [-0.05, 0) is 32.0 Å². The molecule has 1 amide bonds. The summed E-state index contributed by atoms with van der Waals surface area (Å²) in [6.45, 7) is 3.75. The number of nitrogens with one attached hydrogen (secondary N) is 2. The van der Waals surface area contributed by atoms with E-state index in [4.69, 9.17) is 4.74 Å². The number of carbonyl (C=O) groups excluding carboxylic acids is 1. The number of H-pyrrole nitrogens is 1. The summed E-state index contributed by atoms with van der Waals surface area (Å²) >= 11 is 0. The van der Waals surface area contributed by atoms with Crippen LogP contribution in [0.2, 0.25) is 0 Å². The number of ether oxygens (including phenoxy) is 1. The summed E-state index contributed by atoms with van der Waals surface area (Å²) in [7, 11) is 0. The molecule has 3 N–H and O–H groups in total. The lowest BCUT2D eigenvalue weighted by Crippen LogP contribution is -2.14. The minimum atomic E-state index is -1.09. The zero-order valence-corrected chi connectivity index (χ0v) is 13.6. The highest BCUT2D eigenvalue weighted by Crippen LogP contribution is 2.20. The largest absolute Gasteiger partial charge is 0.489 e. The molecular weight excluding hydrogens is 324 g/mol. The number of hydrogen-bond donors (Lipinski definition) is 3. The number of para-hydroxylation sites is 1. The lowest BCUT2D eigenvalue weighted by molar-refractivity contribution is 0.0698. The van der Waals surface area contributed by atoms with Crippen molar-refractivity contribution >= 4 is 28.9 Å². The van der Waals surface area contributed by atoms with Gasteiger partial charge in [-0.2, -0.15) is 0 Å². The van der Waals surface area contributed by atoms with Crippen molar-refractivity contribution in [2.75, 3.05) is 5.32 Å². The molecule has 0 saturated carbocycles. The van der Waals surface area contributed by atoms with Crippen molar-refractivity contribution in [3.63, 3.8) is 0 Å². The molecule has 0 aliphatic heterocycles. The summed E-state index contributed by atoms with van der Waals surface area (Å²) in [5.41, 5.74) is 1.16. The summed E-state index contributed by atoms with van der Waals surface area (Å²) in [6.07, 6.45) is 2.90. The maximum atomic E-state index is 12.4. The van der Waals surface area contributed by atoms with Crippen molar-refractivity contribution in [1.29, 1.82) is 0 Å². The second-order valence-corrected chi connectivity index (χ2v) is 5.62. The molecule has 0 unspecified atom stereocenters. The van der Waals surface area contributed by atoms with Crippen LogP contribution in [0.3, 0.4) is 0 Å². The van der Waals surface area contributed by atoms with Crippen LogP contribution in [-0.2, 0) is 0 Å². The van der Waals surface area contributed by atoms with Crippen molar-refractivity contribution in [3.8, 4) is 5.75 Å². The Morgan fingerprint density at radius 2 is 2.08 bits per heavy atom. The van der Waals surface area contributed by atoms with Crippen molar-refractivity contribution in [1.82, 2.24) is 15.0 Å². The van der Waals surface area contributed by atoms with Crippen LogP contribution in [0.15, 0.2) is 36.7 Å². The van der Waals surface area contributed by atoms with Crippen molar-refractivity contribution in [3.05, 3.63) is 47.8 Å². The number of hydrogen-bond acceptors (Lipinski definition) is 5. The molecule has 2 aromatic heterocycles. The van der Waals surface area contributed by atoms with Gasteiger partial charge in [0.2, 0.25) is 5.95 Å². The van der Waals surface area contributed by atoms with E-state index in [1.54, 1.807) is 18.2 Å². The molecule has 0 aliphatic rings. The number of carboxylic acid groups (broad SMARTS) is 1. The zero-order chi connectivity index (χ0) is 18.0. The molecule has 2 heterocycles. The van der Waals surface area contributed by atoms with Crippen molar-refractivity contribution in [2.24, 2.45) is 0 Å². The minimum Gasteiger partial charge on any atom is -0.489 e. The van der Waals surface area contributed by atoms with Crippen molar-refractivity contribution < 1.29 is 19.4 Å². The molecule has 0 bridgehead atoms. The first-order valence-corrected chi connectivity index (χ1v) is 7.59. The fourth-order valence-corrected chi connectivity index (χ4v) is 2.32. The monoisotopic (exact) mass is 340 g/mol. The van der Waals surface area contributed by atoms with E-state index in [2.05, 4.69) is 20.3 Å². The van der Waals surface area contributed by atoms with E-state index >= 15 is 0 Å². The third-order valence-electron chi connectivity index (χ3n) is 3.32. The predicted octanol–water partition coefficient (Wildman–Crippen LogP) is 2.70. The summed E-state index contributed by atoms with van der Waals surface area (Å²) in [4.78, 5) is 34.6. The number of carbonyl (C=O) groups is 2. The van der Waals surface area contributed by atoms with Crippen LogP contribution >= 0.6 is 0 Å². The number of aromatic amines is 1. The Morgan fingerprint density at radius 1 is 1.28 bits per heavy atom. The zero-order valence-electron chi connectivity index (χ0n) is 13.6. The molecule has 25 heavy (non-hydrogen) atoms. The number of nitrogens with zero attached hydrogens (tertiary/aromatic N) is 2. The molecule has 1 aromatic carbocycles. The SMILES string of the molecule is CC(C)Oc1cncc(C(=O)Nc2nc3c(C(=O)O)cccc3[nH]2)c1. The molecule has 0 aliphatic carbocycles. The Labute approximate surface area is 142 Å². The Kier molecular flexibility index (Phi) is 4.34. The number of pyridine rings is 1. The summed E-state index contributed by atoms with van der Waals surface area (Å²) in [6, 6.07) is 6.32. The van der Waals surface area contributed by atoms with Gasteiger partial charge in [0.25, 0.3) is 5.91 Å². The van der Waals surface area contributed by atoms with Gasteiger partial charge in [-0.15, -0.1) is 0 Å². The molecule has 8 nitrogen and oxygen atoms in total. The predicted molar refractivity (Wildman–Crippen MR) is 91.0 cm³/mol. The third-order valence-corrected chi connectivity index (χ3v) is 3.32. The van der Waals surface area contributed by atoms with Gasteiger partial charge in [-0.3, -0.25) is 15.1 Å². The maximum Gasteiger partial charge on any atom is 0.337 e. The average Bonchev–Trinajstić information content (AvgIpc) is 2.96. The van der Waals surface area contributed by atoms with E-state index in [0.29, 0.717) is 16.8 Å². The van der Waals surface area contributed by atoms with Gasteiger partial charge in [-0.25, -0.2) is 9.78 Å². The second-order valence-electron chi connectivity index (χ2n) is 5.62. The van der Waals surface area contributed by atoms with Crippen LogP contribution in [-0.4, -0.2) is 38.0 Å². The highest BCUT2D eigenvalue weighted by Gasteiger charge is 2.15. The quantitative estimate of drug-likeness (QED) is 0.657. The highest BCUT2D eigenvalue weighted by atomic mass is 16.5. The Morgan fingerprint density at radius 3 is 2.80 bits per heavy atom.